The molecule has 2 aromatic rings. The van der Waals surface area contributed by atoms with Crippen LogP contribution in [0, 0.1) is 11.6 Å². The van der Waals surface area contributed by atoms with Crippen LogP contribution in [0.15, 0.2) is 53.4 Å². The summed E-state index contributed by atoms with van der Waals surface area (Å²) in [6, 6.07) is 12.6. The van der Waals surface area contributed by atoms with E-state index in [1.807, 2.05) is 6.92 Å². The van der Waals surface area contributed by atoms with Gasteiger partial charge in [-0.1, -0.05) is 24.3 Å². The van der Waals surface area contributed by atoms with Crippen LogP contribution in [0.25, 0.3) is 0 Å². The van der Waals surface area contributed by atoms with E-state index in [4.69, 9.17) is 5.73 Å². The highest BCUT2D eigenvalue weighted by molar-refractivity contribution is 7.99. The highest BCUT2D eigenvalue weighted by atomic mass is 32.2. The maximum Gasteiger partial charge on any atom is 0.127 e. The third kappa shape index (κ3) is 3.55. The van der Waals surface area contributed by atoms with Crippen LogP contribution in [0.1, 0.15) is 17.7 Å². The summed E-state index contributed by atoms with van der Waals surface area (Å²) in [5, 5.41) is -0.247. The molecule has 0 saturated heterocycles. The van der Waals surface area contributed by atoms with Gasteiger partial charge in [-0.3, -0.25) is 0 Å². The molecule has 0 heterocycles. The monoisotopic (exact) mass is 279 g/mol. The van der Waals surface area contributed by atoms with E-state index in [0.717, 1.165) is 4.90 Å². The predicted octanol–water partition coefficient (Wildman–Crippen LogP) is 4.15. The average molecular weight is 279 g/mol. The number of halogens is 2. The second-order valence-corrected chi connectivity index (χ2v) is 5.59. The van der Waals surface area contributed by atoms with Crippen molar-refractivity contribution >= 4 is 11.8 Å². The van der Waals surface area contributed by atoms with Gasteiger partial charge in [0.25, 0.3) is 0 Å². The van der Waals surface area contributed by atoms with Crippen molar-refractivity contribution in [3.8, 4) is 0 Å². The average Bonchev–Trinajstić information content (AvgIpc) is 2.37. The third-order valence-electron chi connectivity index (χ3n) is 2.75. The molecule has 2 atom stereocenters. The van der Waals surface area contributed by atoms with E-state index >= 15 is 0 Å². The summed E-state index contributed by atoms with van der Waals surface area (Å²) in [5.41, 5.74) is 6.49. The number of hydrogen-bond acceptors (Lipinski definition) is 2. The van der Waals surface area contributed by atoms with Crippen LogP contribution in [-0.4, -0.2) is 6.04 Å². The molecule has 0 radical (unpaired) electrons. The highest BCUT2D eigenvalue weighted by Crippen LogP contribution is 2.38. The van der Waals surface area contributed by atoms with Crippen LogP contribution in [-0.2, 0) is 0 Å². The first-order valence-corrected chi connectivity index (χ1v) is 6.88. The smallest absolute Gasteiger partial charge is 0.127 e. The van der Waals surface area contributed by atoms with E-state index < -0.39 is 0 Å². The zero-order valence-corrected chi connectivity index (χ0v) is 11.3. The lowest BCUT2D eigenvalue weighted by Crippen LogP contribution is -2.23. The summed E-state index contributed by atoms with van der Waals surface area (Å²) in [5.74, 6) is -0.587. The summed E-state index contributed by atoms with van der Waals surface area (Å²) < 4.78 is 27.0. The van der Waals surface area contributed by atoms with Crippen LogP contribution in [0.5, 0.6) is 0 Å². The van der Waals surface area contributed by atoms with E-state index in [2.05, 4.69) is 0 Å². The Morgan fingerprint density at radius 2 is 1.79 bits per heavy atom. The van der Waals surface area contributed by atoms with Gasteiger partial charge in [0.15, 0.2) is 0 Å². The molecular weight excluding hydrogens is 264 g/mol. The van der Waals surface area contributed by atoms with Crippen molar-refractivity contribution in [1.82, 2.24) is 0 Å². The van der Waals surface area contributed by atoms with Gasteiger partial charge in [0.1, 0.15) is 11.6 Å². The molecular formula is C15H15F2NS. The molecule has 0 aliphatic heterocycles. The largest absolute Gasteiger partial charge is 0.327 e. The SMILES string of the molecule is CC(N)C(Sc1cccc(F)c1)c1ccccc1F. The lowest BCUT2D eigenvalue weighted by atomic mass is 10.1. The summed E-state index contributed by atoms with van der Waals surface area (Å²) >= 11 is 1.37. The Morgan fingerprint density at radius 3 is 2.42 bits per heavy atom. The first-order valence-electron chi connectivity index (χ1n) is 6.00. The molecule has 0 aromatic heterocycles. The molecule has 2 unspecified atom stereocenters. The van der Waals surface area contributed by atoms with E-state index in [0.29, 0.717) is 5.56 Å². The molecule has 2 rings (SSSR count). The molecule has 0 spiro atoms. The van der Waals surface area contributed by atoms with Crippen molar-refractivity contribution in [1.29, 1.82) is 0 Å². The van der Waals surface area contributed by atoms with Crippen LogP contribution < -0.4 is 5.73 Å². The molecule has 0 aliphatic rings. The molecule has 0 saturated carbocycles. The fraction of sp³-hybridized carbons (Fsp3) is 0.200. The van der Waals surface area contributed by atoms with Crippen LogP contribution in [0.3, 0.4) is 0 Å². The van der Waals surface area contributed by atoms with Gasteiger partial charge in [0.05, 0.1) is 5.25 Å². The molecule has 100 valence electrons. The van der Waals surface area contributed by atoms with Crippen molar-refractivity contribution in [3.63, 3.8) is 0 Å². The Hall–Kier alpha value is -1.39. The zero-order valence-electron chi connectivity index (χ0n) is 10.5. The number of hydrogen-bond donors (Lipinski definition) is 1. The number of benzene rings is 2. The van der Waals surface area contributed by atoms with Crippen molar-refractivity contribution in [2.45, 2.75) is 23.1 Å². The van der Waals surface area contributed by atoms with Crippen molar-refractivity contribution in [2.24, 2.45) is 5.73 Å². The van der Waals surface area contributed by atoms with Gasteiger partial charge in [0, 0.05) is 16.5 Å². The molecule has 19 heavy (non-hydrogen) atoms. The Labute approximate surface area is 115 Å². The molecule has 2 aromatic carbocycles. The number of nitrogens with two attached hydrogens (primary N) is 1. The lowest BCUT2D eigenvalue weighted by Gasteiger charge is -2.21. The van der Waals surface area contributed by atoms with E-state index in [-0.39, 0.29) is 22.9 Å². The minimum Gasteiger partial charge on any atom is -0.327 e. The quantitative estimate of drug-likeness (QED) is 0.851. The highest BCUT2D eigenvalue weighted by Gasteiger charge is 2.20. The first kappa shape index (κ1) is 14.0. The summed E-state index contributed by atoms with van der Waals surface area (Å²) in [6.07, 6.45) is 0. The molecule has 2 N–H and O–H groups in total. The lowest BCUT2D eigenvalue weighted by molar-refractivity contribution is 0.592. The van der Waals surface area contributed by atoms with Crippen LogP contribution in [0.2, 0.25) is 0 Å². The van der Waals surface area contributed by atoms with E-state index in [9.17, 15) is 8.78 Å². The minimum atomic E-state index is -0.304. The fourth-order valence-corrected chi connectivity index (χ4v) is 3.01. The molecule has 0 bridgehead atoms. The van der Waals surface area contributed by atoms with Gasteiger partial charge in [-0.15, -0.1) is 11.8 Å². The van der Waals surface area contributed by atoms with Gasteiger partial charge in [0.2, 0.25) is 0 Å². The maximum absolute atomic E-state index is 13.8. The molecule has 0 amide bonds. The Morgan fingerprint density at radius 1 is 1.05 bits per heavy atom. The molecule has 0 fully saturated rings. The van der Waals surface area contributed by atoms with Gasteiger partial charge in [-0.25, -0.2) is 8.78 Å². The number of rotatable bonds is 4. The maximum atomic E-state index is 13.8. The zero-order chi connectivity index (χ0) is 13.8. The van der Waals surface area contributed by atoms with Crippen molar-refractivity contribution in [2.75, 3.05) is 0 Å². The number of thioether (sulfide) groups is 1. The molecule has 4 heteroatoms. The topological polar surface area (TPSA) is 26.0 Å². The minimum absolute atomic E-state index is 0.245. The van der Waals surface area contributed by atoms with E-state index in [1.165, 1.54) is 30.0 Å². The summed E-state index contributed by atoms with van der Waals surface area (Å²) in [7, 11) is 0. The third-order valence-corrected chi connectivity index (χ3v) is 4.21. The normalized spacial score (nSPS) is 14.1. The van der Waals surface area contributed by atoms with Gasteiger partial charge < -0.3 is 5.73 Å². The summed E-state index contributed by atoms with van der Waals surface area (Å²) in [6.45, 7) is 1.82. The summed E-state index contributed by atoms with van der Waals surface area (Å²) in [4.78, 5) is 0.741. The van der Waals surface area contributed by atoms with Gasteiger partial charge >= 0.3 is 0 Å². The first-order chi connectivity index (χ1) is 9.08. The van der Waals surface area contributed by atoms with Crippen molar-refractivity contribution < 1.29 is 8.78 Å². The van der Waals surface area contributed by atoms with Gasteiger partial charge in [-0.05, 0) is 31.2 Å². The Bertz CT molecular complexity index is 557. The van der Waals surface area contributed by atoms with Gasteiger partial charge in [-0.2, -0.15) is 0 Å². The molecule has 1 nitrogen and oxygen atoms in total. The Balaban J connectivity index is 2.29. The van der Waals surface area contributed by atoms with E-state index in [1.54, 1.807) is 30.3 Å². The molecule has 0 aliphatic carbocycles. The van der Waals surface area contributed by atoms with Crippen LogP contribution in [0.4, 0.5) is 8.78 Å². The fourth-order valence-electron chi connectivity index (χ4n) is 1.85. The predicted molar refractivity (Wildman–Crippen MR) is 75.0 cm³/mol. The van der Waals surface area contributed by atoms with Crippen molar-refractivity contribution in [3.05, 3.63) is 65.7 Å². The Kier molecular flexibility index (Phi) is 4.56. The second-order valence-electron chi connectivity index (χ2n) is 4.38. The second kappa shape index (κ2) is 6.17. The van der Waals surface area contributed by atoms with Crippen LogP contribution >= 0.6 is 11.8 Å². The standard InChI is InChI=1S/C15H15F2NS/c1-10(18)15(13-7-2-3-8-14(13)17)19-12-6-4-5-11(16)9-12/h2-10,15H,18H2,1H3.